The second kappa shape index (κ2) is 9.36. The highest BCUT2D eigenvalue weighted by Crippen LogP contribution is 2.15. The quantitative estimate of drug-likeness (QED) is 0.630. The van der Waals surface area contributed by atoms with Gasteiger partial charge in [-0.05, 0) is 36.8 Å². The molecule has 1 heterocycles. The predicted molar refractivity (Wildman–Crippen MR) is 105 cm³/mol. The molecule has 0 aliphatic rings. The minimum absolute atomic E-state index is 0.103. The van der Waals surface area contributed by atoms with Crippen molar-refractivity contribution < 1.29 is 14.3 Å². The van der Waals surface area contributed by atoms with E-state index in [-0.39, 0.29) is 31.0 Å². The van der Waals surface area contributed by atoms with Crippen LogP contribution in [0, 0.1) is 0 Å². The summed E-state index contributed by atoms with van der Waals surface area (Å²) in [6.45, 7) is 1.65. The highest BCUT2D eigenvalue weighted by atomic mass is 16.5. The normalized spacial score (nSPS) is 11.5. The third kappa shape index (κ3) is 5.44. The third-order valence-electron chi connectivity index (χ3n) is 4.13. The van der Waals surface area contributed by atoms with E-state index < -0.39 is 0 Å². The van der Waals surface area contributed by atoms with Gasteiger partial charge in [-0.1, -0.05) is 30.3 Å². The maximum Gasteiger partial charge on any atom is 0.258 e. The molecule has 2 aromatic carbocycles. The fourth-order valence-corrected chi connectivity index (χ4v) is 2.62. The van der Waals surface area contributed by atoms with Gasteiger partial charge in [0.25, 0.3) is 5.91 Å². The van der Waals surface area contributed by atoms with Crippen molar-refractivity contribution in [2.45, 2.75) is 13.0 Å². The molecule has 28 heavy (non-hydrogen) atoms. The molecule has 3 rings (SSSR count). The molecule has 2 N–H and O–H groups in total. The van der Waals surface area contributed by atoms with Gasteiger partial charge in [0, 0.05) is 18.1 Å². The van der Waals surface area contributed by atoms with Crippen LogP contribution < -0.4 is 15.4 Å². The van der Waals surface area contributed by atoms with E-state index in [0.29, 0.717) is 5.75 Å². The Kier molecular flexibility index (Phi) is 6.41. The number of imidazole rings is 1. The van der Waals surface area contributed by atoms with E-state index in [1.54, 1.807) is 24.7 Å². The van der Waals surface area contributed by atoms with Crippen LogP contribution >= 0.6 is 0 Å². The first kappa shape index (κ1) is 19.2. The SMILES string of the molecule is CC(NC(=O)CNC(=O)COc1ccccc1)c1ccc(-n2ccnc2)cc1. The molecule has 0 bridgehead atoms. The third-order valence-corrected chi connectivity index (χ3v) is 4.13. The lowest BCUT2D eigenvalue weighted by Gasteiger charge is -2.15. The molecule has 144 valence electrons. The van der Waals surface area contributed by atoms with E-state index in [2.05, 4.69) is 15.6 Å². The predicted octanol–water partition coefficient (Wildman–Crippen LogP) is 2.24. The number of nitrogens with one attached hydrogen (secondary N) is 2. The smallest absolute Gasteiger partial charge is 0.258 e. The Balaban J connectivity index is 1.42. The Bertz CT molecular complexity index is 893. The Morgan fingerprint density at radius 2 is 1.82 bits per heavy atom. The van der Waals surface area contributed by atoms with Crippen LogP contribution in [0.4, 0.5) is 0 Å². The first-order chi connectivity index (χ1) is 13.6. The van der Waals surface area contributed by atoms with Crippen molar-refractivity contribution in [3.05, 3.63) is 78.9 Å². The lowest BCUT2D eigenvalue weighted by Crippen LogP contribution is -2.39. The van der Waals surface area contributed by atoms with Crippen molar-refractivity contribution in [2.24, 2.45) is 0 Å². The highest BCUT2D eigenvalue weighted by molar-refractivity contribution is 5.85. The zero-order chi connectivity index (χ0) is 19.8. The monoisotopic (exact) mass is 378 g/mol. The number of hydrogen-bond donors (Lipinski definition) is 2. The van der Waals surface area contributed by atoms with Gasteiger partial charge >= 0.3 is 0 Å². The van der Waals surface area contributed by atoms with Crippen LogP contribution in [-0.2, 0) is 9.59 Å². The van der Waals surface area contributed by atoms with Crippen molar-refractivity contribution in [3.63, 3.8) is 0 Å². The Hall–Kier alpha value is -3.61. The summed E-state index contributed by atoms with van der Waals surface area (Å²) in [5, 5.41) is 5.42. The second-order valence-corrected chi connectivity index (χ2v) is 6.23. The van der Waals surface area contributed by atoms with Gasteiger partial charge in [-0.15, -0.1) is 0 Å². The minimum Gasteiger partial charge on any atom is -0.484 e. The Labute approximate surface area is 163 Å². The molecule has 7 nitrogen and oxygen atoms in total. The summed E-state index contributed by atoms with van der Waals surface area (Å²) in [4.78, 5) is 27.9. The number of benzene rings is 2. The topological polar surface area (TPSA) is 85.3 Å². The van der Waals surface area contributed by atoms with Gasteiger partial charge in [-0.2, -0.15) is 0 Å². The summed E-state index contributed by atoms with van der Waals surface area (Å²) >= 11 is 0. The molecular formula is C21H22N4O3. The van der Waals surface area contributed by atoms with Crippen molar-refractivity contribution in [1.82, 2.24) is 20.2 Å². The molecular weight excluding hydrogens is 356 g/mol. The number of carbonyl (C=O) groups excluding carboxylic acids is 2. The van der Waals surface area contributed by atoms with Crippen molar-refractivity contribution in [2.75, 3.05) is 13.2 Å². The van der Waals surface area contributed by atoms with E-state index >= 15 is 0 Å². The van der Waals surface area contributed by atoms with Crippen molar-refractivity contribution in [1.29, 1.82) is 0 Å². The number of hydrogen-bond acceptors (Lipinski definition) is 4. The standard InChI is InChI=1S/C21H22N4O3/c1-16(17-7-9-18(10-8-17)25-12-11-22-15-25)24-20(26)13-23-21(27)14-28-19-5-3-2-4-6-19/h2-12,15-16H,13-14H2,1H3,(H,23,27)(H,24,26). The largest absolute Gasteiger partial charge is 0.484 e. The van der Waals surface area contributed by atoms with Crippen LogP contribution in [0.5, 0.6) is 5.75 Å². The Morgan fingerprint density at radius 1 is 1.07 bits per heavy atom. The van der Waals surface area contributed by atoms with E-state index in [4.69, 9.17) is 4.74 Å². The molecule has 0 saturated heterocycles. The minimum atomic E-state index is -0.351. The molecule has 0 radical (unpaired) electrons. The molecule has 0 fully saturated rings. The molecule has 0 spiro atoms. The highest BCUT2D eigenvalue weighted by Gasteiger charge is 2.11. The van der Waals surface area contributed by atoms with Crippen LogP contribution in [0.3, 0.4) is 0 Å². The van der Waals surface area contributed by atoms with Gasteiger partial charge in [0.05, 0.1) is 18.9 Å². The lowest BCUT2D eigenvalue weighted by molar-refractivity contribution is -0.127. The maximum atomic E-state index is 12.1. The molecule has 0 aliphatic carbocycles. The fourth-order valence-electron chi connectivity index (χ4n) is 2.62. The van der Waals surface area contributed by atoms with Gasteiger partial charge < -0.3 is 19.9 Å². The van der Waals surface area contributed by atoms with E-state index in [1.165, 1.54) is 0 Å². The molecule has 1 aromatic heterocycles. The molecule has 1 atom stereocenters. The van der Waals surface area contributed by atoms with Crippen LogP contribution in [0.15, 0.2) is 73.3 Å². The number of rotatable bonds is 8. The van der Waals surface area contributed by atoms with Crippen LogP contribution in [0.1, 0.15) is 18.5 Å². The number of nitrogens with zero attached hydrogens (tertiary/aromatic N) is 2. The molecule has 1 unspecified atom stereocenters. The number of ether oxygens (including phenoxy) is 1. The first-order valence-electron chi connectivity index (χ1n) is 8.94. The van der Waals surface area contributed by atoms with Crippen molar-refractivity contribution in [3.8, 4) is 11.4 Å². The summed E-state index contributed by atoms with van der Waals surface area (Å²) in [5.74, 6) is -0.00884. The van der Waals surface area contributed by atoms with Crippen molar-refractivity contribution >= 4 is 11.8 Å². The summed E-state index contributed by atoms with van der Waals surface area (Å²) in [6.07, 6.45) is 5.31. The molecule has 0 aliphatic heterocycles. The average molecular weight is 378 g/mol. The van der Waals surface area contributed by atoms with Gasteiger partial charge in [-0.25, -0.2) is 4.98 Å². The van der Waals surface area contributed by atoms with Crippen LogP contribution in [0.25, 0.3) is 5.69 Å². The summed E-state index contributed by atoms with van der Waals surface area (Å²) in [6, 6.07) is 16.7. The number of carbonyl (C=O) groups is 2. The zero-order valence-electron chi connectivity index (χ0n) is 15.5. The molecule has 7 heteroatoms. The van der Waals surface area contributed by atoms with Crippen LogP contribution in [0.2, 0.25) is 0 Å². The second-order valence-electron chi connectivity index (χ2n) is 6.23. The summed E-state index contributed by atoms with van der Waals surface area (Å²) < 4.78 is 7.24. The molecule has 0 saturated carbocycles. The van der Waals surface area contributed by atoms with Gasteiger partial charge in [0.1, 0.15) is 5.75 Å². The summed E-state index contributed by atoms with van der Waals surface area (Å²) in [7, 11) is 0. The number of para-hydroxylation sites is 1. The van der Waals surface area contributed by atoms with E-state index in [0.717, 1.165) is 11.3 Å². The number of aromatic nitrogens is 2. The Morgan fingerprint density at radius 3 is 2.50 bits per heavy atom. The summed E-state index contributed by atoms with van der Waals surface area (Å²) in [5.41, 5.74) is 1.96. The number of amides is 2. The zero-order valence-corrected chi connectivity index (χ0v) is 15.5. The van der Waals surface area contributed by atoms with Gasteiger partial charge in [-0.3, -0.25) is 9.59 Å². The average Bonchev–Trinajstić information content (AvgIpc) is 3.26. The first-order valence-corrected chi connectivity index (χ1v) is 8.94. The fraction of sp³-hybridized carbons (Fsp3) is 0.190. The van der Waals surface area contributed by atoms with E-state index in [1.807, 2.05) is 60.2 Å². The molecule has 3 aromatic rings. The van der Waals surface area contributed by atoms with Gasteiger partial charge in [0.2, 0.25) is 5.91 Å². The van der Waals surface area contributed by atoms with Gasteiger partial charge in [0.15, 0.2) is 6.61 Å². The lowest BCUT2D eigenvalue weighted by atomic mass is 10.1. The van der Waals surface area contributed by atoms with Crippen LogP contribution in [-0.4, -0.2) is 34.5 Å². The molecule has 2 amide bonds. The maximum absolute atomic E-state index is 12.1. The van der Waals surface area contributed by atoms with E-state index in [9.17, 15) is 9.59 Å².